The predicted octanol–water partition coefficient (Wildman–Crippen LogP) is 3.55. The maximum Gasteiger partial charge on any atom is 0.416 e. The minimum absolute atomic E-state index is 0.484. The highest BCUT2D eigenvalue weighted by Gasteiger charge is 2.37. The van der Waals surface area contributed by atoms with Crippen molar-refractivity contribution in [3.63, 3.8) is 0 Å². The van der Waals surface area contributed by atoms with Gasteiger partial charge in [0.1, 0.15) is 0 Å². The topological polar surface area (TPSA) is 32.3 Å². The fourth-order valence-corrected chi connectivity index (χ4v) is 1.70. The van der Waals surface area contributed by atoms with Gasteiger partial charge >= 0.3 is 6.18 Å². The van der Waals surface area contributed by atoms with Crippen LogP contribution in [-0.2, 0) is 0 Å². The van der Waals surface area contributed by atoms with Crippen molar-refractivity contribution >= 4 is 37.5 Å². The summed E-state index contributed by atoms with van der Waals surface area (Å²) in [5.41, 5.74) is 0.484. The quantitative estimate of drug-likeness (QED) is 0.861. The first-order valence-corrected chi connectivity index (χ1v) is 5.83. The molecule has 2 N–H and O–H groups in total. The summed E-state index contributed by atoms with van der Waals surface area (Å²) < 4.78 is 37.4. The van der Waals surface area contributed by atoms with Crippen molar-refractivity contribution in [2.24, 2.45) is 0 Å². The minimum Gasteiger partial charge on any atom is -0.382 e. The van der Waals surface area contributed by atoms with E-state index < -0.39 is 18.8 Å². The van der Waals surface area contributed by atoms with E-state index in [-0.39, 0.29) is 0 Å². The van der Waals surface area contributed by atoms with Crippen LogP contribution in [0.25, 0.3) is 0 Å². The molecule has 1 aromatic carbocycles. The lowest BCUT2D eigenvalue weighted by molar-refractivity contribution is -0.198. The zero-order valence-corrected chi connectivity index (χ0v) is 11.0. The molecule has 0 heterocycles. The van der Waals surface area contributed by atoms with Gasteiger partial charge in [-0.1, -0.05) is 15.9 Å². The second-order valence-corrected chi connectivity index (χ2v) is 4.83. The molecule has 0 spiro atoms. The van der Waals surface area contributed by atoms with Crippen LogP contribution >= 0.6 is 31.9 Å². The van der Waals surface area contributed by atoms with Crippen LogP contribution in [0, 0.1) is 0 Å². The first-order chi connectivity index (χ1) is 7.30. The molecule has 0 saturated heterocycles. The molecule has 2 nitrogen and oxygen atoms in total. The number of halogens is 5. The van der Waals surface area contributed by atoms with E-state index in [2.05, 4.69) is 37.2 Å². The molecule has 0 aliphatic rings. The van der Waals surface area contributed by atoms with Crippen LogP contribution in [0.1, 0.15) is 0 Å². The highest BCUT2D eigenvalue weighted by molar-refractivity contribution is 9.11. The lowest BCUT2D eigenvalue weighted by Crippen LogP contribution is -2.35. The van der Waals surface area contributed by atoms with Crippen LogP contribution in [0.15, 0.2) is 27.1 Å². The van der Waals surface area contributed by atoms with Crippen molar-refractivity contribution in [2.45, 2.75) is 12.3 Å². The fourth-order valence-electron chi connectivity index (χ4n) is 0.955. The van der Waals surface area contributed by atoms with Gasteiger partial charge in [-0.25, -0.2) is 0 Å². The van der Waals surface area contributed by atoms with Gasteiger partial charge in [-0.15, -0.1) is 0 Å². The number of benzene rings is 1. The summed E-state index contributed by atoms with van der Waals surface area (Å²) in [6, 6.07) is 5.05. The van der Waals surface area contributed by atoms with E-state index in [0.29, 0.717) is 10.2 Å². The van der Waals surface area contributed by atoms with Gasteiger partial charge in [0.25, 0.3) is 0 Å². The summed E-state index contributed by atoms with van der Waals surface area (Å²) in [6.45, 7) is -0.585. The summed E-state index contributed by atoms with van der Waals surface area (Å²) in [5, 5.41) is 11.3. The van der Waals surface area contributed by atoms with Crippen LogP contribution in [0.2, 0.25) is 0 Å². The number of aliphatic hydroxyl groups excluding tert-OH is 1. The van der Waals surface area contributed by atoms with Crippen LogP contribution in [-0.4, -0.2) is 23.9 Å². The Balaban J connectivity index is 2.64. The smallest absolute Gasteiger partial charge is 0.382 e. The summed E-state index contributed by atoms with van der Waals surface area (Å²) >= 11 is 6.38. The Bertz CT molecular complexity index is 370. The molecular weight excluding hydrogens is 355 g/mol. The Hall–Kier alpha value is -0.270. The van der Waals surface area contributed by atoms with Gasteiger partial charge < -0.3 is 10.4 Å². The lowest BCUT2D eigenvalue weighted by Gasteiger charge is -2.16. The molecule has 0 aliphatic carbocycles. The van der Waals surface area contributed by atoms with Crippen molar-refractivity contribution in [1.29, 1.82) is 0 Å². The average Bonchev–Trinajstić information content (AvgIpc) is 2.17. The van der Waals surface area contributed by atoms with Gasteiger partial charge in [0.15, 0.2) is 6.10 Å². The van der Waals surface area contributed by atoms with E-state index in [1.54, 1.807) is 18.2 Å². The Morgan fingerprint density at radius 3 is 2.50 bits per heavy atom. The summed E-state index contributed by atoms with van der Waals surface area (Å²) in [5.74, 6) is 0. The summed E-state index contributed by atoms with van der Waals surface area (Å²) in [6.07, 6.45) is -6.98. The van der Waals surface area contributed by atoms with Gasteiger partial charge in [-0.05, 0) is 34.1 Å². The van der Waals surface area contributed by atoms with E-state index in [0.717, 1.165) is 4.47 Å². The molecular formula is C9H8Br2F3NO. The molecule has 1 atom stereocenters. The number of anilines is 1. The van der Waals surface area contributed by atoms with E-state index in [1.165, 1.54) is 0 Å². The average molecular weight is 363 g/mol. The Labute approximate surface area is 107 Å². The maximum absolute atomic E-state index is 12.0. The summed E-state index contributed by atoms with van der Waals surface area (Å²) in [7, 11) is 0. The normalized spacial score (nSPS) is 13.6. The number of nitrogens with one attached hydrogen (secondary N) is 1. The second kappa shape index (κ2) is 5.37. The van der Waals surface area contributed by atoms with Crippen LogP contribution in [0.3, 0.4) is 0 Å². The van der Waals surface area contributed by atoms with Crippen LogP contribution < -0.4 is 5.32 Å². The number of aliphatic hydroxyl groups is 1. The zero-order chi connectivity index (χ0) is 12.3. The molecule has 1 rings (SSSR count). The number of hydrogen-bond donors (Lipinski definition) is 2. The highest BCUT2D eigenvalue weighted by Crippen LogP contribution is 2.27. The largest absolute Gasteiger partial charge is 0.416 e. The van der Waals surface area contributed by atoms with Gasteiger partial charge in [-0.3, -0.25) is 0 Å². The Kier molecular flexibility index (Phi) is 4.63. The Morgan fingerprint density at radius 2 is 1.94 bits per heavy atom. The molecule has 0 bridgehead atoms. The van der Waals surface area contributed by atoms with Crippen molar-refractivity contribution < 1.29 is 18.3 Å². The first-order valence-electron chi connectivity index (χ1n) is 4.24. The lowest BCUT2D eigenvalue weighted by atomic mass is 10.3. The van der Waals surface area contributed by atoms with Crippen molar-refractivity contribution in [1.82, 2.24) is 0 Å². The van der Waals surface area contributed by atoms with E-state index in [9.17, 15) is 13.2 Å². The molecule has 7 heteroatoms. The SMILES string of the molecule is OC(CNc1cc(Br)ccc1Br)C(F)(F)F. The third kappa shape index (κ3) is 3.95. The van der Waals surface area contributed by atoms with E-state index in [1.807, 2.05) is 0 Å². The molecule has 0 radical (unpaired) electrons. The van der Waals surface area contributed by atoms with E-state index in [4.69, 9.17) is 5.11 Å². The van der Waals surface area contributed by atoms with Gasteiger partial charge in [0, 0.05) is 21.2 Å². The molecule has 0 aliphatic heterocycles. The summed E-state index contributed by atoms with van der Waals surface area (Å²) in [4.78, 5) is 0. The predicted molar refractivity (Wildman–Crippen MR) is 62.4 cm³/mol. The third-order valence-corrected chi connectivity index (χ3v) is 2.98. The monoisotopic (exact) mass is 361 g/mol. The van der Waals surface area contributed by atoms with Crippen LogP contribution in [0.5, 0.6) is 0 Å². The first kappa shape index (κ1) is 13.8. The van der Waals surface area contributed by atoms with Crippen molar-refractivity contribution in [3.05, 3.63) is 27.1 Å². The highest BCUT2D eigenvalue weighted by atomic mass is 79.9. The molecule has 90 valence electrons. The van der Waals surface area contributed by atoms with Crippen LogP contribution in [0.4, 0.5) is 18.9 Å². The number of hydrogen-bond acceptors (Lipinski definition) is 2. The van der Waals surface area contributed by atoms with E-state index >= 15 is 0 Å². The van der Waals surface area contributed by atoms with Crippen molar-refractivity contribution in [2.75, 3.05) is 11.9 Å². The fraction of sp³-hybridized carbons (Fsp3) is 0.333. The molecule has 0 fully saturated rings. The van der Waals surface area contributed by atoms with Gasteiger partial charge in [-0.2, -0.15) is 13.2 Å². The molecule has 0 saturated carbocycles. The molecule has 0 aromatic heterocycles. The number of alkyl halides is 3. The molecule has 0 amide bonds. The Morgan fingerprint density at radius 1 is 1.31 bits per heavy atom. The molecule has 1 unspecified atom stereocenters. The van der Waals surface area contributed by atoms with Gasteiger partial charge in [0.05, 0.1) is 0 Å². The van der Waals surface area contributed by atoms with Crippen molar-refractivity contribution in [3.8, 4) is 0 Å². The number of rotatable bonds is 3. The zero-order valence-electron chi connectivity index (χ0n) is 7.85. The third-order valence-electron chi connectivity index (χ3n) is 1.79. The molecule has 16 heavy (non-hydrogen) atoms. The maximum atomic E-state index is 12.0. The minimum atomic E-state index is -4.61. The molecule has 1 aromatic rings. The van der Waals surface area contributed by atoms with Gasteiger partial charge in [0.2, 0.25) is 0 Å². The second-order valence-electron chi connectivity index (χ2n) is 3.06. The standard InChI is InChI=1S/C9H8Br2F3NO/c10-5-1-2-6(11)7(3-5)15-4-8(16)9(12,13)14/h1-3,8,15-16H,4H2.